The number of rotatable bonds is 5. The van der Waals surface area contributed by atoms with Crippen molar-refractivity contribution in [3.05, 3.63) is 47.3 Å². The molecule has 0 bridgehead atoms. The van der Waals surface area contributed by atoms with Crippen LogP contribution in [-0.4, -0.2) is 29.3 Å². The molecule has 0 saturated heterocycles. The number of benzene rings is 1. The minimum absolute atomic E-state index is 0.0275. The van der Waals surface area contributed by atoms with E-state index in [1.54, 1.807) is 17.9 Å². The Morgan fingerprint density at radius 3 is 3.00 bits per heavy atom. The van der Waals surface area contributed by atoms with Crippen LogP contribution >= 0.6 is 0 Å². The van der Waals surface area contributed by atoms with E-state index in [0.29, 0.717) is 6.61 Å². The van der Waals surface area contributed by atoms with Gasteiger partial charge in [0, 0.05) is 30.8 Å². The molecule has 1 amide bonds. The van der Waals surface area contributed by atoms with Crippen LogP contribution < -0.4 is 15.4 Å². The molecule has 1 aliphatic rings. The summed E-state index contributed by atoms with van der Waals surface area (Å²) >= 11 is 0. The number of para-hydroxylation sites is 1. The van der Waals surface area contributed by atoms with Gasteiger partial charge in [-0.3, -0.25) is 9.48 Å². The van der Waals surface area contributed by atoms with Gasteiger partial charge in [0.2, 0.25) is 5.91 Å². The Hall–Kier alpha value is -2.34. The minimum Gasteiger partial charge on any atom is -0.493 e. The van der Waals surface area contributed by atoms with Crippen molar-refractivity contribution in [2.45, 2.75) is 31.8 Å². The number of fused-ring (bicyclic) bond motifs is 1. The highest BCUT2D eigenvalue weighted by molar-refractivity contribution is 5.83. The number of ether oxygens (including phenoxy) is 1. The number of aryl methyl sites for hydroxylation is 2. The predicted molar refractivity (Wildman–Crippen MR) is 91.8 cm³/mol. The highest BCUT2D eigenvalue weighted by atomic mass is 16.5. The lowest BCUT2D eigenvalue weighted by Gasteiger charge is -2.29. The third-order valence-electron chi connectivity index (χ3n) is 4.46. The summed E-state index contributed by atoms with van der Waals surface area (Å²) in [5.41, 5.74) is 3.10. The zero-order chi connectivity index (χ0) is 17.1. The summed E-state index contributed by atoms with van der Waals surface area (Å²) in [4.78, 5) is 12.8. The highest BCUT2D eigenvalue weighted by Gasteiger charge is 2.28. The van der Waals surface area contributed by atoms with E-state index in [1.807, 2.05) is 25.4 Å². The summed E-state index contributed by atoms with van der Waals surface area (Å²) < 4.78 is 7.55. The molecule has 2 atom stereocenters. The average Bonchev–Trinajstić information content (AvgIpc) is 3.01. The molecule has 2 unspecified atom stereocenters. The molecule has 6 nitrogen and oxygen atoms in total. The number of aromatic nitrogens is 2. The lowest BCUT2D eigenvalue weighted by molar-refractivity contribution is -0.124. The van der Waals surface area contributed by atoms with Crippen LogP contribution in [0.1, 0.15) is 42.1 Å². The molecule has 1 aliphatic heterocycles. The molecule has 6 heteroatoms. The molecule has 2 heterocycles. The average molecular weight is 328 g/mol. The third kappa shape index (κ3) is 3.14. The van der Waals surface area contributed by atoms with Gasteiger partial charge in [0.15, 0.2) is 0 Å². The van der Waals surface area contributed by atoms with Crippen LogP contribution in [0.3, 0.4) is 0 Å². The quantitative estimate of drug-likeness (QED) is 0.879. The minimum atomic E-state index is -0.417. The second kappa shape index (κ2) is 7.05. The number of nitrogens with zero attached hydrogens (tertiary/aromatic N) is 2. The van der Waals surface area contributed by atoms with E-state index >= 15 is 0 Å². The summed E-state index contributed by atoms with van der Waals surface area (Å²) in [5.74, 6) is 0.879. The Bertz CT molecular complexity index is 726. The SMILES string of the molecule is CCc1cccc2c1OCCC2NC(=O)C(NC)c1cnn(C)c1. The fourth-order valence-corrected chi connectivity index (χ4v) is 3.21. The van der Waals surface area contributed by atoms with E-state index < -0.39 is 6.04 Å². The van der Waals surface area contributed by atoms with Crippen molar-refractivity contribution in [3.8, 4) is 5.75 Å². The third-order valence-corrected chi connectivity index (χ3v) is 4.46. The Morgan fingerprint density at radius 1 is 1.50 bits per heavy atom. The van der Waals surface area contributed by atoms with Gasteiger partial charge in [0.25, 0.3) is 0 Å². The van der Waals surface area contributed by atoms with Crippen molar-refractivity contribution in [1.29, 1.82) is 0 Å². The maximum absolute atomic E-state index is 12.8. The van der Waals surface area contributed by atoms with Crippen molar-refractivity contribution < 1.29 is 9.53 Å². The van der Waals surface area contributed by atoms with Crippen LogP contribution in [0.15, 0.2) is 30.6 Å². The van der Waals surface area contributed by atoms with Gasteiger partial charge in [-0.15, -0.1) is 0 Å². The van der Waals surface area contributed by atoms with E-state index in [1.165, 1.54) is 5.56 Å². The van der Waals surface area contributed by atoms with E-state index in [-0.39, 0.29) is 11.9 Å². The van der Waals surface area contributed by atoms with Crippen LogP contribution in [0.4, 0.5) is 0 Å². The maximum Gasteiger partial charge on any atom is 0.242 e. The van der Waals surface area contributed by atoms with Crippen LogP contribution in [0, 0.1) is 0 Å². The molecule has 2 N–H and O–H groups in total. The Balaban J connectivity index is 1.80. The van der Waals surface area contributed by atoms with Crippen LogP contribution in [0.5, 0.6) is 5.75 Å². The monoisotopic (exact) mass is 328 g/mol. The summed E-state index contributed by atoms with van der Waals surface area (Å²) in [5, 5.41) is 10.4. The van der Waals surface area contributed by atoms with E-state index in [9.17, 15) is 4.79 Å². The van der Waals surface area contributed by atoms with Gasteiger partial charge >= 0.3 is 0 Å². The maximum atomic E-state index is 12.8. The molecular formula is C18H24N4O2. The van der Waals surface area contributed by atoms with Gasteiger partial charge in [-0.1, -0.05) is 25.1 Å². The second-order valence-corrected chi connectivity index (χ2v) is 6.06. The molecule has 0 saturated carbocycles. The molecule has 2 aromatic rings. The zero-order valence-corrected chi connectivity index (χ0v) is 14.4. The van der Waals surface area contributed by atoms with Crippen LogP contribution in [0.2, 0.25) is 0 Å². The number of hydrogen-bond donors (Lipinski definition) is 2. The number of carbonyl (C=O) groups excluding carboxylic acids is 1. The van der Waals surface area contributed by atoms with Gasteiger partial charge in [0.1, 0.15) is 11.8 Å². The number of carbonyl (C=O) groups is 1. The summed E-state index contributed by atoms with van der Waals surface area (Å²) in [6.07, 6.45) is 5.26. The van der Waals surface area contributed by atoms with E-state index in [0.717, 1.165) is 29.7 Å². The van der Waals surface area contributed by atoms with Crippen LogP contribution in [-0.2, 0) is 18.3 Å². The topological polar surface area (TPSA) is 68.2 Å². The summed E-state index contributed by atoms with van der Waals surface area (Å²) in [6, 6.07) is 5.70. The first-order valence-corrected chi connectivity index (χ1v) is 8.34. The zero-order valence-electron chi connectivity index (χ0n) is 14.4. The standard InChI is InChI=1S/C18H24N4O2/c1-4-12-6-5-7-14-15(8-9-24-17(12)14)21-18(23)16(19-2)13-10-20-22(3)11-13/h5-7,10-11,15-16,19H,4,8-9H2,1-3H3,(H,21,23). The van der Waals surface area contributed by atoms with Crippen LogP contribution in [0.25, 0.3) is 0 Å². The molecule has 1 aromatic carbocycles. The Morgan fingerprint density at radius 2 is 2.33 bits per heavy atom. The number of hydrogen-bond acceptors (Lipinski definition) is 4. The number of amides is 1. The molecule has 0 radical (unpaired) electrons. The molecule has 0 aliphatic carbocycles. The van der Waals surface area contributed by atoms with Crippen molar-refractivity contribution >= 4 is 5.91 Å². The van der Waals surface area contributed by atoms with Gasteiger partial charge < -0.3 is 15.4 Å². The molecule has 1 aromatic heterocycles. The van der Waals surface area contributed by atoms with Crippen molar-refractivity contribution in [2.75, 3.05) is 13.7 Å². The molecular weight excluding hydrogens is 304 g/mol. The number of likely N-dealkylation sites (N-methyl/N-ethyl adjacent to an activating group) is 1. The van der Waals surface area contributed by atoms with Gasteiger partial charge in [0.05, 0.1) is 18.8 Å². The summed E-state index contributed by atoms with van der Waals surface area (Å²) in [7, 11) is 3.62. The van der Waals surface area contributed by atoms with E-state index in [4.69, 9.17) is 4.74 Å². The smallest absolute Gasteiger partial charge is 0.242 e. The van der Waals surface area contributed by atoms with Crippen molar-refractivity contribution in [3.63, 3.8) is 0 Å². The molecule has 3 rings (SSSR count). The van der Waals surface area contributed by atoms with E-state index in [2.05, 4.69) is 28.7 Å². The van der Waals surface area contributed by atoms with Gasteiger partial charge in [-0.25, -0.2) is 0 Å². The lowest BCUT2D eigenvalue weighted by Crippen LogP contribution is -2.39. The largest absolute Gasteiger partial charge is 0.493 e. The first-order valence-electron chi connectivity index (χ1n) is 8.34. The normalized spacial score (nSPS) is 17.7. The van der Waals surface area contributed by atoms with Gasteiger partial charge in [-0.2, -0.15) is 5.10 Å². The molecule has 24 heavy (non-hydrogen) atoms. The van der Waals surface area contributed by atoms with Crippen molar-refractivity contribution in [1.82, 2.24) is 20.4 Å². The van der Waals surface area contributed by atoms with Gasteiger partial charge in [-0.05, 0) is 19.0 Å². The molecule has 0 spiro atoms. The highest BCUT2D eigenvalue weighted by Crippen LogP contribution is 2.35. The summed E-state index contributed by atoms with van der Waals surface area (Å²) in [6.45, 7) is 2.73. The Labute approximate surface area is 142 Å². The van der Waals surface area contributed by atoms with Crippen molar-refractivity contribution in [2.24, 2.45) is 7.05 Å². The molecule has 128 valence electrons. The second-order valence-electron chi connectivity index (χ2n) is 6.06. The predicted octanol–water partition coefficient (Wildman–Crippen LogP) is 1.88. The molecule has 0 fully saturated rings. The fraction of sp³-hybridized carbons (Fsp3) is 0.444. The number of nitrogens with one attached hydrogen (secondary N) is 2. The Kier molecular flexibility index (Phi) is 4.85. The first kappa shape index (κ1) is 16.5. The first-order chi connectivity index (χ1) is 11.6. The lowest BCUT2D eigenvalue weighted by atomic mass is 9.96. The fourth-order valence-electron chi connectivity index (χ4n) is 3.21.